The van der Waals surface area contributed by atoms with Gasteiger partial charge in [0.1, 0.15) is 9.88 Å². The van der Waals surface area contributed by atoms with Crippen molar-refractivity contribution in [2.24, 2.45) is 0 Å². The highest BCUT2D eigenvalue weighted by atomic mass is 32.1. The topological polar surface area (TPSA) is 85.6 Å². The van der Waals surface area contributed by atoms with Gasteiger partial charge in [0.2, 0.25) is 6.54 Å². The van der Waals surface area contributed by atoms with E-state index < -0.39 is 11.9 Å². The van der Waals surface area contributed by atoms with Crippen LogP contribution in [0, 0.1) is 6.92 Å². The molecule has 0 atom stereocenters. The first-order valence-corrected chi connectivity index (χ1v) is 10.5. The number of thiophene rings is 1. The van der Waals surface area contributed by atoms with E-state index in [9.17, 15) is 14.4 Å². The number of nitrogens with one attached hydrogen (secondary N) is 1. The maximum atomic E-state index is 12.5. The van der Waals surface area contributed by atoms with Crippen LogP contribution in [-0.2, 0) is 27.2 Å². The maximum absolute atomic E-state index is 12.5. The molecular weight excluding hydrogens is 392 g/mol. The standard InChI is InChI=1S/C21H26N2O5S/c1-5-8-15-9-11-23(12-10-15)13-16(24)22-19-17(20(25)27-6-2)14(4)18(29-19)21(26)28-7-3/h9-12H,5-8,13H2,1-4H3/p+1. The third kappa shape index (κ3) is 5.87. The van der Waals surface area contributed by atoms with E-state index in [2.05, 4.69) is 12.2 Å². The Labute approximate surface area is 174 Å². The number of ether oxygens (including phenoxy) is 2. The van der Waals surface area contributed by atoms with E-state index in [-0.39, 0.29) is 41.1 Å². The molecule has 0 aliphatic rings. The predicted octanol–water partition coefficient (Wildman–Crippen LogP) is 3.29. The SMILES string of the molecule is CCCc1cc[n+](CC(=O)Nc2sc(C(=O)OCC)c(C)c2C(=O)OCC)cc1. The number of aryl methyl sites for hydroxylation is 1. The quantitative estimate of drug-likeness (QED) is 0.498. The Morgan fingerprint density at radius 3 is 2.24 bits per heavy atom. The van der Waals surface area contributed by atoms with Gasteiger partial charge in [-0.2, -0.15) is 4.57 Å². The van der Waals surface area contributed by atoms with E-state index in [1.165, 1.54) is 5.56 Å². The summed E-state index contributed by atoms with van der Waals surface area (Å²) in [5.74, 6) is -1.41. The molecule has 0 fully saturated rings. The molecule has 7 nitrogen and oxygen atoms in total. The van der Waals surface area contributed by atoms with Crippen LogP contribution < -0.4 is 9.88 Å². The lowest BCUT2D eigenvalue weighted by atomic mass is 10.1. The normalized spacial score (nSPS) is 10.5. The molecule has 1 amide bonds. The van der Waals surface area contributed by atoms with E-state index in [1.54, 1.807) is 25.3 Å². The van der Waals surface area contributed by atoms with E-state index >= 15 is 0 Å². The smallest absolute Gasteiger partial charge is 0.348 e. The minimum absolute atomic E-state index is 0.0837. The molecule has 29 heavy (non-hydrogen) atoms. The van der Waals surface area contributed by atoms with Crippen LogP contribution in [0.5, 0.6) is 0 Å². The Hall–Kier alpha value is -2.74. The zero-order valence-corrected chi connectivity index (χ0v) is 18.1. The summed E-state index contributed by atoms with van der Waals surface area (Å²) in [4.78, 5) is 37.4. The second-order valence-corrected chi connectivity index (χ2v) is 7.40. The Morgan fingerprint density at radius 2 is 1.66 bits per heavy atom. The second-order valence-electron chi connectivity index (χ2n) is 6.38. The molecule has 0 aliphatic carbocycles. The molecule has 2 heterocycles. The zero-order valence-electron chi connectivity index (χ0n) is 17.2. The van der Waals surface area contributed by atoms with Crippen LogP contribution in [0.4, 0.5) is 5.00 Å². The van der Waals surface area contributed by atoms with Crippen LogP contribution in [0.25, 0.3) is 0 Å². The molecule has 0 radical (unpaired) electrons. The Morgan fingerprint density at radius 1 is 1.03 bits per heavy atom. The van der Waals surface area contributed by atoms with Crippen molar-refractivity contribution in [1.82, 2.24) is 0 Å². The number of carbonyl (C=O) groups is 3. The summed E-state index contributed by atoms with van der Waals surface area (Å²) < 4.78 is 11.9. The monoisotopic (exact) mass is 419 g/mol. The van der Waals surface area contributed by atoms with Gasteiger partial charge in [0.25, 0.3) is 5.91 Å². The highest BCUT2D eigenvalue weighted by Crippen LogP contribution is 2.34. The van der Waals surface area contributed by atoms with Crippen molar-refractivity contribution >= 4 is 34.2 Å². The lowest BCUT2D eigenvalue weighted by molar-refractivity contribution is -0.684. The summed E-state index contributed by atoms with van der Waals surface area (Å²) >= 11 is 1.02. The molecule has 0 saturated carbocycles. The van der Waals surface area contributed by atoms with Crippen molar-refractivity contribution in [3.05, 3.63) is 46.1 Å². The second kappa shape index (κ2) is 10.7. The van der Waals surface area contributed by atoms with Crippen LogP contribution in [0.15, 0.2) is 24.5 Å². The largest absolute Gasteiger partial charge is 0.462 e. The van der Waals surface area contributed by atoms with Gasteiger partial charge in [0.05, 0.1) is 18.8 Å². The molecule has 0 aromatic carbocycles. The van der Waals surface area contributed by atoms with E-state index in [1.807, 2.05) is 24.5 Å². The Kier molecular flexibility index (Phi) is 8.33. The highest BCUT2D eigenvalue weighted by molar-refractivity contribution is 7.18. The number of esters is 2. The number of nitrogens with zero attached hydrogens (tertiary/aromatic N) is 1. The lowest BCUT2D eigenvalue weighted by Gasteiger charge is -2.06. The molecule has 8 heteroatoms. The first kappa shape index (κ1) is 22.5. The van der Waals surface area contributed by atoms with Crippen LogP contribution in [0.1, 0.15) is 58.3 Å². The molecule has 2 aromatic rings. The van der Waals surface area contributed by atoms with E-state index in [0.29, 0.717) is 5.56 Å². The lowest BCUT2D eigenvalue weighted by Crippen LogP contribution is -2.39. The number of aromatic nitrogens is 1. The third-order valence-electron chi connectivity index (χ3n) is 4.17. The van der Waals surface area contributed by atoms with Crippen molar-refractivity contribution < 1.29 is 28.4 Å². The number of anilines is 1. The van der Waals surface area contributed by atoms with Crippen molar-refractivity contribution in [3.63, 3.8) is 0 Å². The van der Waals surface area contributed by atoms with Crippen molar-refractivity contribution in [1.29, 1.82) is 0 Å². The summed E-state index contributed by atoms with van der Waals surface area (Å²) in [7, 11) is 0. The summed E-state index contributed by atoms with van der Waals surface area (Å²) in [6.07, 6.45) is 5.74. The summed E-state index contributed by atoms with van der Waals surface area (Å²) in [5.41, 5.74) is 1.84. The molecule has 0 bridgehead atoms. The van der Waals surface area contributed by atoms with Gasteiger partial charge in [-0.05, 0) is 38.3 Å². The fourth-order valence-electron chi connectivity index (χ4n) is 2.82. The number of carbonyl (C=O) groups excluding carboxylic acids is 3. The summed E-state index contributed by atoms with van der Waals surface area (Å²) in [5, 5.41) is 3.04. The summed E-state index contributed by atoms with van der Waals surface area (Å²) in [6.45, 7) is 7.66. The fourth-order valence-corrected chi connectivity index (χ4v) is 3.93. The average Bonchev–Trinajstić information content (AvgIpc) is 3.00. The molecule has 2 aromatic heterocycles. The molecule has 2 rings (SSSR count). The first-order chi connectivity index (χ1) is 13.9. The van der Waals surface area contributed by atoms with Gasteiger partial charge in [0, 0.05) is 12.1 Å². The van der Waals surface area contributed by atoms with Gasteiger partial charge in [0.15, 0.2) is 12.4 Å². The number of hydrogen-bond acceptors (Lipinski definition) is 6. The van der Waals surface area contributed by atoms with Crippen molar-refractivity contribution in [3.8, 4) is 0 Å². The molecule has 0 unspecified atom stereocenters. The highest BCUT2D eigenvalue weighted by Gasteiger charge is 2.27. The molecule has 0 aliphatic heterocycles. The average molecular weight is 420 g/mol. The minimum atomic E-state index is -0.580. The van der Waals surface area contributed by atoms with Crippen molar-refractivity contribution in [2.75, 3.05) is 18.5 Å². The van der Waals surface area contributed by atoms with Gasteiger partial charge >= 0.3 is 11.9 Å². The van der Waals surface area contributed by atoms with Crippen LogP contribution in [0.3, 0.4) is 0 Å². The summed E-state index contributed by atoms with van der Waals surface area (Å²) in [6, 6.07) is 3.96. The van der Waals surface area contributed by atoms with Crippen LogP contribution in [-0.4, -0.2) is 31.1 Å². The fraction of sp³-hybridized carbons (Fsp3) is 0.429. The van der Waals surface area contributed by atoms with E-state index in [0.717, 1.165) is 24.2 Å². The van der Waals surface area contributed by atoms with Gasteiger partial charge in [-0.1, -0.05) is 13.3 Å². The molecular formula is C21H27N2O5S+. The first-order valence-electron chi connectivity index (χ1n) is 9.66. The van der Waals surface area contributed by atoms with Gasteiger partial charge in [-0.3, -0.25) is 4.79 Å². The van der Waals surface area contributed by atoms with E-state index in [4.69, 9.17) is 9.47 Å². The number of amides is 1. The van der Waals surface area contributed by atoms with Gasteiger partial charge < -0.3 is 14.8 Å². The number of hydrogen-bond donors (Lipinski definition) is 1. The van der Waals surface area contributed by atoms with Crippen LogP contribution in [0.2, 0.25) is 0 Å². The number of rotatable bonds is 9. The maximum Gasteiger partial charge on any atom is 0.348 e. The number of pyridine rings is 1. The van der Waals surface area contributed by atoms with Crippen molar-refractivity contribution in [2.45, 2.75) is 47.1 Å². The van der Waals surface area contributed by atoms with Gasteiger partial charge in [-0.25, -0.2) is 9.59 Å². The zero-order chi connectivity index (χ0) is 21.4. The Balaban J connectivity index is 2.22. The molecule has 0 saturated heterocycles. The Bertz CT molecular complexity index is 874. The predicted molar refractivity (Wildman–Crippen MR) is 110 cm³/mol. The minimum Gasteiger partial charge on any atom is -0.462 e. The molecule has 1 N–H and O–H groups in total. The van der Waals surface area contributed by atoms with Gasteiger partial charge in [-0.15, -0.1) is 11.3 Å². The van der Waals surface area contributed by atoms with Crippen LogP contribution >= 0.6 is 11.3 Å². The molecule has 0 spiro atoms. The molecule has 156 valence electrons. The third-order valence-corrected chi connectivity index (χ3v) is 5.35.